The van der Waals surface area contributed by atoms with Crippen molar-refractivity contribution in [2.45, 2.75) is 0 Å². The van der Waals surface area contributed by atoms with E-state index in [9.17, 15) is 0 Å². The molecule has 0 aliphatic heterocycles. The van der Waals surface area contributed by atoms with Gasteiger partial charge in [-0.3, -0.25) is 0 Å². The van der Waals surface area contributed by atoms with Crippen LogP contribution in [0.15, 0.2) is 4.42 Å². The molecule has 1 nitrogen and oxygen atoms in total. The van der Waals surface area contributed by atoms with E-state index < -0.39 is 0 Å². The third-order valence-corrected chi connectivity index (χ3v) is 13.4. The van der Waals surface area contributed by atoms with E-state index in [1.807, 2.05) is 0 Å². The first-order valence-electron chi connectivity index (χ1n) is 20.2. The molecule has 252 valence electrons. The second-order valence-electron chi connectivity index (χ2n) is 16.8. The van der Waals surface area contributed by atoms with Gasteiger partial charge in [0.25, 0.3) is 0 Å². The molecule has 52 radical (unpaired) electrons. The molecule has 9 rings (SSSR count). The van der Waals surface area contributed by atoms with Gasteiger partial charge in [-0.25, -0.2) is 0 Å². The fourth-order valence-electron chi connectivity index (χ4n) is 9.68. The summed E-state index contributed by atoms with van der Waals surface area (Å²) in [7, 11) is 175. The highest BCUT2D eigenvalue weighted by Gasteiger charge is 2.31. The summed E-state index contributed by atoms with van der Waals surface area (Å²) in [5.74, 6) is 0. The highest BCUT2D eigenvalue weighted by Crippen LogP contribution is 2.40. The molecule has 0 unspecified atom stereocenters. The van der Waals surface area contributed by atoms with Gasteiger partial charge >= 0.3 is 0 Å². The molecule has 0 N–H and O–H groups in total. The van der Waals surface area contributed by atoms with Gasteiger partial charge in [-0.05, 0) is 65.7 Å². The summed E-state index contributed by atoms with van der Waals surface area (Å²) in [6, 6.07) is 0. The predicted octanol–water partition coefficient (Wildman–Crippen LogP) is -19.3. The van der Waals surface area contributed by atoms with Gasteiger partial charge < -0.3 is 4.42 Å². The number of fused-ring (bicyclic) bond motifs is 6. The molecular formula is C42B26O. The molecule has 69 heavy (non-hydrogen) atoms. The molecule has 0 bridgehead atoms. The Hall–Kier alpha value is -3.97. The van der Waals surface area contributed by atoms with Crippen molar-refractivity contribution in [3.8, 4) is 33.4 Å². The molecule has 0 aliphatic carbocycles. The average molecular weight is 802 g/mol. The van der Waals surface area contributed by atoms with Crippen molar-refractivity contribution in [2.24, 2.45) is 0 Å². The highest BCUT2D eigenvalue weighted by molar-refractivity contribution is 6.77. The van der Waals surface area contributed by atoms with E-state index in [4.69, 9.17) is 208 Å². The Morgan fingerprint density at radius 2 is 0.304 bits per heavy atom. The van der Waals surface area contributed by atoms with E-state index in [1.165, 1.54) is 0 Å². The van der Waals surface area contributed by atoms with Crippen molar-refractivity contribution in [3.05, 3.63) is 0 Å². The van der Waals surface area contributed by atoms with Crippen LogP contribution in [0.25, 0.3) is 87.6 Å². The molecular weight excluding hydrogens is 802 g/mol. The van der Waals surface area contributed by atoms with Crippen molar-refractivity contribution in [1.82, 2.24) is 0 Å². The van der Waals surface area contributed by atoms with Gasteiger partial charge in [0.1, 0.15) is 215 Å². The molecule has 0 saturated carbocycles. The lowest BCUT2D eigenvalue weighted by atomic mass is 9.55. The van der Waals surface area contributed by atoms with E-state index in [1.54, 1.807) is 0 Å². The maximum Gasteiger partial charge on any atom is 0.127 e. The topological polar surface area (TPSA) is 13.1 Å². The van der Waals surface area contributed by atoms with Crippen molar-refractivity contribution >= 4 is 400 Å². The second-order valence-corrected chi connectivity index (χ2v) is 16.8. The van der Waals surface area contributed by atoms with Crippen LogP contribution >= 0.6 is 0 Å². The summed E-state index contributed by atoms with van der Waals surface area (Å²) < 4.78 is 6.16. The van der Waals surface area contributed by atoms with Crippen LogP contribution in [0.2, 0.25) is 0 Å². The lowest BCUT2D eigenvalue weighted by molar-refractivity contribution is 0.675. The zero-order valence-electron chi connectivity index (χ0n) is 36.4. The molecule has 0 amide bonds. The first kappa shape index (κ1) is 50.0. The minimum Gasteiger partial charge on any atom is -0.457 e. The summed E-state index contributed by atoms with van der Waals surface area (Å²) in [4.78, 5) is 0. The molecule has 1 aromatic heterocycles. The predicted molar refractivity (Wildman–Crippen MR) is 323 cm³/mol. The van der Waals surface area contributed by atoms with Crippen LogP contribution < -0.4 is 142 Å². The molecule has 27 heteroatoms. The van der Waals surface area contributed by atoms with Gasteiger partial charge in [0.15, 0.2) is 0 Å². The lowest BCUT2D eigenvalue weighted by Crippen LogP contribution is -2.56. The molecule has 0 saturated heterocycles. The van der Waals surface area contributed by atoms with Crippen LogP contribution in [-0.4, -0.2) is 204 Å². The van der Waals surface area contributed by atoms with Gasteiger partial charge in [0, 0.05) is 10.8 Å². The summed E-state index contributed by atoms with van der Waals surface area (Å²) >= 11 is 0. The fraction of sp³-hybridized carbons (Fsp3) is 0. The molecule has 0 fully saturated rings. The summed E-state index contributed by atoms with van der Waals surface area (Å²) in [5.41, 5.74) is -3.74. The Morgan fingerprint density at radius 1 is 0.130 bits per heavy atom. The van der Waals surface area contributed by atoms with Crippen LogP contribution in [0.4, 0.5) is 0 Å². The van der Waals surface area contributed by atoms with Crippen LogP contribution in [0.5, 0.6) is 0 Å². The Kier molecular flexibility index (Phi) is 12.2. The minimum atomic E-state index is -0.226. The normalized spacial score (nSPS) is 11.8. The molecule has 0 atom stereocenters. The molecule has 1 heterocycles. The Balaban J connectivity index is 1.56. The Morgan fingerprint density at radius 3 is 0.652 bits per heavy atom. The van der Waals surface area contributed by atoms with Gasteiger partial charge in [-0.1, -0.05) is 92.9 Å². The van der Waals surface area contributed by atoms with E-state index in [0.29, 0.717) is 0 Å². The monoisotopic (exact) mass is 806 g/mol. The number of rotatable bonds is 3. The Bertz CT molecular complexity index is 3860. The second kappa shape index (κ2) is 16.8. The van der Waals surface area contributed by atoms with Crippen LogP contribution in [-0.2, 0) is 0 Å². The standard InChI is InChI=1S/C42B26O/c43-15-7(22(50)23(51)10-9(15)24(52)25(53)11(16(10)44)12-26(54)34(62)37(65)35(63)27(12)55)1-3-5(20(48)32(60)30(58)18(3)46)2(6-4(1)19(47)31(59)33(61)21(6)49)8-17(45)13-14-29(57)36(64)38(66)40(68)42(14)69-41(13)39(67)28(8)56. The zero-order valence-corrected chi connectivity index (χ0v) is 36.4. The van der Waals surface area contributed by atoms with Gasteiger partial charge in [0.05, 0.1) is 0 Å². The number of hydrogen-bond donors (Lipinski definition) is 0. The van der Waals surface area contributed by atoms with Crippen LogP contribution in [0.1, 0.15) is 0 Å². The third kappa shape index (κ3) is 6.41. The van der Waals surface area contributed by atoms with Crippen LogP contribution in [0.3, 0.4) is 0 Å². The van der Waals surface area contributed by atoms with E-state index in [-0.39, 0.29) is 230 Å². The lowest BCUT2D eigenvalue weighted by Gasteiger charge is -2.33. The quantitative estimate of drug-likeness (QED) is 0.128. The number of hydrogen-bond acceptors (Lipinski definition) is 1. The summed E-state index contributed by atoms with van der Waals surface area (Å²) in [6.07, 6.45) is 0. The maximum atomic E-state index is 7.24. The number of benzene rings is 8. The Labute approximate surface area is 435 Å². The van der Waals surface area contributed by atoms with E-state index >= 15 is 0 Å². The van der Waals surface area contributed by atoms with Crippen molar-refractivity contribution in [1.29, 1.82) is 0 Å². The average Bonchev–Trinajstić information content (AvgIpc) is 3.73. The molecule has 0 aliphatic rings. The summed E-state index contributed by atoms with van der Waals surface area (Å²) in [6.45, 7) is 0. The maximum absolute atomic E-state index is 7.24. The molecule has 9 aromatic rings. The fourth-order valence-corrected chi connectivity index (χ4v) is 9.68. The smallest absolute Gasteiger partial charge is 0.127 e. The number of furan rings is 1. The third-order valence-electron chi connectivity index (χ3n) is 13.4. The van der Waals surface area contributed by atoms with E-state index in [0.717, 1.165) is 0 Å². The molecule has 0 spiro atoms. The van der Waals surface area contributed by atoms with Crippen molar-refractivity contribution in [2.75, 3.05) is 0 Å². The van der Waals surface area contributed by atoms with Gasteiger partial charge in [-0.15, -0.1) is 49.2 Å². The van der Waals surface area contributed by atoms with Crippen LogP contribution in [0, 0.1) is 0 Å². The largest absolute Gasteiger partial charge is 0.457 e. The van der Waals surface area contributed by atoms with Crippen molar-refractivity contribution < 1.29 is 4.42 Å². The van der Waals surface area contributed by atoms with Crippen molar-refractivity contribution in [3.63, 3.8) is 0 Å². The first-order valence-corrected chi connectivity index (χ1v) is 20.2. The highest BCUT2D eigenvalue weighted by atomic mass is 16.3. The minimum absolute atomic E-state index is 0.000136. The zero-order chi connectivity index (χ0) is 51.0. The van der Waals surface area contributed by atoms with E-state index in [2.05, 4.69) is 0 Å². The molecule has 8 aromatic carbocycles. The SMILES string of the molecule is [B]c1c([B])c([B])c(-c2c([B])c([B])c3c([B])c(-c4c5c([B])c([B])c([B])c([B])c5c(-c5c([B])c([B])c6oc7c([B])c([B])c([B])c([B])c7c6c5[B])c5c([B])c([B])c([B])c([B])c45)c([B])c([B])c3c2[B])c([B])c1[B]. The first-order chi connectivity index (χ1) is 32.2. The summed E-state index contributed by atoms with van der Waals surface area (Å²) in [5, 5.41) is 0.270. The van der Waals surface area contributed by atoms with Gasteiger partial charge in [0.2, 0.25) is 0 Å². The van der Waals surface area contributed by atoms with Gasteiger partial charge in [-0.2, -0.15) is 0 Å².